The first-order valence-electron chi connectivity index (χ1n) is 6.04. The predicted octanol–water partition coefficient (Wildman–Crippen LogP) is 1.94. The summed E-state index contributed by atoms with van der Waals surface area (Å²) in [6, 6.07) is 3.93. The maximum atomic E-state index is 6.09. The summed E-state index contributed by atoms with van der Waals surface area (Å²) < 4.78 is 11.9. The first-order chi connectivity index (χ1) is 7.83. The molecule has 3 nitrogen and oxygen atoms in total. The summed E-state index contributed by atoms with van der Waals surface area (Å²) in [6.45, 7) is 11.2. The van der Waals surface area contributed by atoms with Crippen molar-refractivity contribution in [1.82, 2.24) is 4.98 Å². The minimum absolute atomic E-state index is 0.0135. The molecule has 4 heteroatoms. The van der Waals surface area contributed by atoms with Gasteiger partial charge in [-0.3, -0.25) is 4.98 Å². The van der Waals surface area contributed by atoms with Crippen LogP contribution >= 0.6 is 0 Å². The molecular weight excluding hydrogens is 213 g/mol. The molecule has 0 unspecified atom stereocenters. The average Bonchev–Trinajstić information content (AvgIpc) is 2.23. The number of aromatic nitrogens is 1. The van der Waals surface area contributed by atoms with Gasteiger partial charge < -0.3 is 9.31 Å². The monoisotopic (exact) mass is 233 g/mol. The van der Waals surface area contributed by atoms with Crippen molar-refractivity contribution in [3.63, 3.8) is 0 Å². The van der Waals surface area contributed by atoms with Crippen molar-refractivity contribution in [2.24, 2.45) is 5.41 Å². The second-order valence-corrected chi connectivity index (χ2v) is 5.83. The molecule has 0 amide bonds. The maximum absolute atomic E-state index is 6.09. The Hall–Kier alpha value is -0.865. The topological polar surface area (TPSA) is 31.4 Å². The quantitative estimate of drug-likeness (QED) is 0.694. The third-order valence-corrected chi connectivity index (χ3v) is 3.93. The summed E-state index contributed by atoms with van der Waals surface area (Å²) in [5.41, 5.74) is 1.79. The van der Waals surface area contributed by atoms with Gasteiger partial charge in [0.2, 0.25) is 0 Å². The van der Waals surface area contributed by atoms with Gasteiger partial charge in [0.25, 0.3) is 0 Å². The summed E-state index contributed by atoms with van der Waals surface area (Å²) in [7, 11) is -0.299. The maximum Gasteiger partial charge on any atom is 0.496 e. The van der Waals surface area contributed by atoms with Crippen molar-refractivity contribution in [1.29, 1.82) is 0 Å². The van der Waals surface area contributed by atoms with Gasteiger partial charge in [0, 0.05) is 29.4 Å². The molecule has 17 heavy (non-hydrogen) atoms. The second-order valence-electron chi connectivity index (χ2n) is 5.83. The fourth-order valence-electron chi connectivity index (χ4n) is 1.82. The predicted molar refractivity (Wildman–Crippen MR) is 69.3 cm³/mol. The fraction of sp³-hybridized carbons (Fsp3) is 0.615. The molecule has 0 aliphatic carbocycles. The van der Waals surface area contributed by atoms with Crippen LogP contribution < -0.4 is 5.46 Å². The molecule has 0 N–H and O–H groups in total. The van der Waals surface area contributed by atoms with Crippen LogP contribution in [0.3, 0.4) is 0 Å². The molecule has 1 fully saturated rings. The van der Waals surface area contributed by atoms with E-state index in [-0.39, 0.29) is 18.1 Å². The number of nitrogens with zero attached hydrogens (tertiary/aromatic N) is 1. The smallest absolute Gasteiger partial charge is 0.407 e. The number of rotatable bonds is 1. The van der Waals surface area contributed by atoms with E-state index in [0.29, 0.717) is 6.61 Å². The third kappa shape index (κ3) is 2.24. The number of hydrogen-bond acceptors (Lipinski definition) is 3. The Bertz CT molecular complexity index is 418. The third-order valence-electron chi connectivity index (χ3n) is 3.93. The van der Waals surface area contributed by atoms with Gasteiger partial charge in [0.05, 0.1) is 5.60 Å². The Balaban J connectivity index is 2.25. The Labute approximate surface area is 104 Å². The van der Waals surface area contributed by atoms with E-state index < -0.39 is 0 Å². The normalized spacial score (nSPS) is 22.5. The van der Waals surface area contributed by atoms with Crippen molar-refractivity contribution in [3.8, 4) is 0 Å². The van der Waals surface area contributed by atoms with Crippen molar-refractivity contribution in [2.45, 2.75) is 40.2 Å². The van der Waals surface area contributed by atoms with E-state index in [4.69, 9.17) is 9.31 Å². The van der Waals surface area contributed by atoms with Crippen LogP contribution in [0.5, 0.6) is 0 Å². The molecule has 2 rings (SSSR count). The van der Waals surface area contributed by atoms with Gasteiger partial charge in [0.15, 0.2) is 0 Å². The van der Waals surface area contributed by atoms with Crippen LogP contribution in [0, 0.1) is 12.3 Å². The van der Waals surface area contributed by atoms with E-state index in [9.17, 15) is 0 Å². The molecule has 1 aromatic heterocycles. The largest absolute Gasteiger partial charge is 0.496 e. The van der Waals surface area contributed by atoms with Crippen LogP contribution in [0.25, 0.3) is 0 Å². The van der Waals surface area contributed by atoms with Crippen LogP contribution in [0.15, 0.2) is 18.3 Å². The van der Waals surface area contributed by atoms with E-state index in [2.05, 4.69) is 32.7 Å². The molecule has 92 valence electrons. The molecule has 2 heterocycles. The van der Waals surface area contributed by atoms with Crippen molar-refractivity contribution in [3.05, 3.63) is 24.0 Å². The average molecular weight is 233 g/mol. The Morgan fingerprint density at radius 2 is 2.00 bits per heavy atom. The van der Waals surface area contributed by atoms with Crippen molar-refractivity contribution >= 4 is 12.6 Å². The Kier molecular flexibility index (Phi) is 3.04. The minimum atomic E-state index is -0.299. The summed E-state index contributed by atoms with van der Waals surface area (Å²) in [6.07, 6.45) is 1.79. The first kappa shape index (κ1) is 12.6. The lowest BCUT2D eigenvalue weighted by atomic mass is 9.69. The zero-order valence-corrected chi connectivity index (χ0v) is 11.3. The van der Waals surface area contributed by atoms with Crippen LogP contribution in [-0.2, 0) is 9.31 Å². The fourth-order valence-corrected chi connectivity index (χ4v) is 1.82. The lowest BCUT2D eigenvalue weighted by Crippen LogP contribution is -2.58. The molecule has 0 spiro atoms. The molecule has 0 radical (unpaired) electrons. The Morgan fingerprint density at radius 3 is 2.59 bits per heavy atom. The molecule has 0 aromatic carbocycles. The van der Waals surface area contributed by atoms with Gasteiger partial charge in [-0.15, -0.1) is 0 Å². The molecule has 1 saturated heterocycles. The van der Waals surface area contributed by atoms with Gasteiger partial charge >= 0.3 is 7.12 Å². The van der Waals surface area contributed by atoms with E-state index in [1.807, 2.05) is 19.1 Å². The lowest BCUT2D eigenvalue weighted by Gasteiger charge is -2.47. The standard InChI is InChI=1S/C13H20BNO2/c1-10-11(7-6-8-15-10)14-16-9-12(2,3)13(4,5)17-14/h6-8H,9H2,1-5H3. The molecule has 0 atom stereocenters. The molecule has 1 aromatic rings. The highest BCUT2D eigenvalue weighted by atomic mass is 16.6. The Morgan fingerprint density at radius 1 is 1.29 bits per heavy atom. The summed E-state index contributed by atoms with van der Waals surface area (Å²) in [5, 5.41) is 0. The van der Waals surface area contributed by atoms with Crippen LogP contribution in [-0.4, -0.2) is 24.3 Å². The van der Waals surface area contributed by atoms with Crippen LogP contribution in [0.1, 0.15) is 33.4 Å². The SMILES string of the molecule is Cc1ncccc1B1OCC(C)(C)C(C)(C)O1. The zero-order valence-electron chi connectivity index (χ0n) is 11.3. The highest BCUT2D eigenvalue weighted by molar-refractivity contribution is 6.62. The number of pyridine rings is 1. The first-order valence-corrected chi connectivity index (χ1v) is 6.04. The summed E-state index contributed by atoms with van der Waals surface area (Å²) >= 11 is 0. The van der Waals surface area contributed by atoms with Crippen LogP contribution in [0.4, 0.5) is 0 Å². The van der Waals surface area contributed by atoms with E-state index >= 15 is 0 Å². The molecular formula is C13H20BNO2. The minimum Gasteiger partial charge on any atom is -0.407 e. The summed E-state index contributed by atoms with van der Waals surface area (Å²) in [5.74, 6) is 0. The van der Waals surface area contributed by atoms with Crippen molar-refractivity contribution < 1.29 is 9.31 Å². The highest BCUT2D eigenvalue weighted by Gasteiger charge is 2.47. The van der Waals surface area contributed by atoms with Crippen LogP contribution in [0.2, 0.25) is 0 Å². The summed E-state index contributed by atoms with van der Waals surface area (Å²) in [4.78, 5) is 4.28. The van der Waals surface area contributed by atoms with Crippen molar-refractivity contribution in [2.75, 3.05) is 6.61 Å². The van der Waals surface area contributed by atoms with Gasteiger partial charge in [-0.1, -0.05) is 19.9 Å². The lowest BCUT2D eigenvalue weighted by molar-refractivity contribution is -0.0937. The molecule has 0 saturated carbocycles. The second kappa shape index (κ2) is 4.11. The highest BCUT2D eigenvalue weighted by Crippen LogP contribution is 2.38. The van der Waals surface area contributed by atoms with E-state index in [0.717, 1.165) is 11.2 Å². The van der Waals surface area contributed by atoms with Gasteiger partial charge in [-0.05, 0) is 26.8 Å². The van der Waals surface area contributed by atoms with Gasteiger partial charge in [-0.2, -0.15) is 0 Å². The van der Waals surface area contributed by atoms with E-state index in [1.54, 1.807) is 6.20 Å². The van der Waals surface area contributed by atoms with Gasteiger partial charge in [0.1, 0.15) is 0 Å². The molecule has 0 bridgehead atoms. The van der Waals surface area contributed by atoms with Gasteiger partial charge in [-0.25, -0.2) is 0 Å². The number of aryl methyl sites for hydroxylation is 1. The molecule has 1 aliphatic rings. The zero-order chi connectivity index (χ0) is 12.7. The molecule has 1 aliphatic heterocycles. The number of hydrogen-bond donors (Lipinski definition) is 0. The van der Waals surface area contributed by atoms with E-state index in [1.165, 1.54) is 0 Å².